The fourth-order valence-electron chi connectivity index (χ4n) is 2.92. The van der Waals surface area contributed by atoms with Crippen molar-refractivity contribution in [2.24, 2.45) is 0 Å². The molecule has 1 N–H and O–H groups in total. The van der Waals surface area contributed by atoms with Gasteiger partial charge in [0.15, 0.2) is 0 Å². The van der Waals surface area contributed by atoms with Crippen molar-refractivity contribution in [3.8, 4) is 6.07 Å². The quantitative estimate of drug-likeness (QED) is 0.728. The molecule has 1 heterocycles. The van der Waals surface area contributed by atoms with Crippen molar-refractivity contribution in [1.29, 1.82) is 5.26 Å². The molecule has 0 aliphatic rings. The number of aromatic nitrogens is 2. The van der Waals surface area contributed by atoms with E-state index in [0.29, 0.717) is 19.6 Å². The Morgan fingerprint density at radius 2 is 2.04 bits per heavy atom. The highest BCUT2D eigenvalue weighted by atomic mass is 16.2. The fraction of sp³-hybridized carbons (Fsp3) is 0.400. The van der Waals surface area contributed by atoms with Gasteiger partial charge in [0.2, 0.25) is 5.91 Å². The van der Waals surface area contributed by atoms with Crippen LogP contribution >= 0.6 is 0 Å². The zero-order chi connectivity index (χ0) is 20.7. The van der Waals surface area contributed by atoms with Crippen LogP contribution in [0, 0.1) is 18.3 Å². The highest BCUT2D eigenvalue weighted by molar-refractivity contribution is 5.75. The summed E-state index contributed by atoms with van der Waals surface area (Å²) in [4.78, 5) is 38.9. The summed E-state index contributed by atoms with van der Waals surface area (Å²) in [5, 5.41) is 11.8. The van der Waals surface area contributed by atoms with Gasteiger partial charge in [-0.25, -0.2) is 9.36 Å². The first-order valence-corrected chi connectivity index (χ1v) is 9.23. The second-order valence-electron chi connectivity index (χ2n) is 6.38. The first-order valence-electron chi connectivity index (χ1n) is 9.23. The van der Waals surface area contributed by atoms with Gasteiger partial charge in [0.1, 0.15) is 18.2 Å². The van der Waals surface area contributed by atoms with Gasteiger partial charge in [0.05, 0.1) is 0 Å². The molecule has 28 heavy (non-hydrogen) atoms. The number of carbonyl (C=O) groups is 1. The Bertz CT molecular complexity index is 1000. The molecule has 1 amide bonds. The van der Waals surface area contributed by atoms with Crippen molar-refractivity contribution in [2.75, 3.05) is 24.5 Å². The average Bonchev–Trinajstić information content (AvgIpc) is 2.68. The number of amides is 1. The van der Waals surface area contributed by atoms with Crippen LogP contribution in [0.4, 0.5) is 5.69 Å². The minimum absolute atomic E-state index is 0.161. The van der Waals surface area contributed by atoms with Crippen LogP contribution in [-0.4, -0.2) is 34.7 Å². The molecule has 0 fully saturated rings. The molecule has 2 aromatic rings. The highest BCUT2D eigenvalue weighted by Crippen LogP contribution is 2.14. The Hall–Kier alpha value is -3.34. The number of hydrogen-bond donors (Lipinski definition) is 1. The third kappa shape index (κ3) is 4.88. The number of benzene rings is 1. The molecule has 0 bridgehead atoms. The first-order chi connectivity index (χ1) is 13.4. The van der Waals surface area contributed by atoms with Crippen LogP contribution in [0.1, 0.15) is 25.0 Å². The summed E-state index contributed by atoms with van der Waals surface area (Å²) in [5.74, 6) is -0.447. The molecule has 0 saturated carbocycles. The van der Waals surface area contributed by atoms with E-state index in [2.05, 4.69) is 16.3 Å². The predicted molar refractivity (Wildman–Crippen MR) is 107 cm³/mol. The number of aryl methyl sites for hydroxylation is 2. The topological polar surface area (TPSA) is 100 Å². The second-order valence-corrected chi connectivity index (χ2v) is 6.38. The van der Waals surface area contributed by atoms with E-state index in [1.165, 1.54) is 10.8 Å². The number of likely N-dealkylation sites (N-methyl/N-ethyl adjacent to an activating group) is 1. The molecule has 0 aliphatic carbocycles. The van der Waals surface area contributed by atoms with Crippen molar-refractivity contribution in [2.45, 2.75) is 33.9 Å². The third-order valence-electron chi connectivity index (χ3n) is 4.45. The lowest BCUT2D eigenvalue weighted by Gasteiger charge is -2.23. The minimum atomic E-state index is -0.748. The van der Waals surface area contributed by atoms with Gasteiger partial charge in [0.25, 0.3) is 5.56 Å². The lowest BCUT2D eigenvalue weighted by atomic mass is 10.2. The van der Waals surface area contributed by atoms with Crippen molar-refractivity contribution in [3.05, 3.63) is 62.4 Å². The summed E-state index contributed by atoms with van der Waals surface area (Å²) < 4.78 is 2.04. The number of rotatable bonds is 8. The van der Waals surface area contributed by atoms with E-state index >= 15 is 0 Å². The summed E-state index contributed by atoms with van der Waals surface area (Å²) in [6, 6.07) is 9.86. The van der Waals surface area contributed by atoms with Gasteiger partial charge < -0.3 is 10.2 Å². The van der Waals surface area contributed by atoms with Crippen molar-refractivity contribution >= 4 is 11.6 Å². The van der Waals surface area contributed by atoms with Crippen LogP contribution in [0.3, 0.4) is 0 Å². The Kier molecular flexibility index (Phi) is 7.15. The monoisotopic (exact) mass is 383 g/mol. The molecular weight excluding hydrogens is 358 g/mol. The molecule has 0 aliphatic heterocycles. The van der Waals surface area contributed by atoms with Crippen LogP contribution < -0.4 is 21.5 Å². The van der Waals surface area contributed by atoms with E-state index in [4.69, 9.17) is 5.26 Å². The largest absolute Gasteiger partial charge is 0.370 e. The Morgan fingerprint density at radius 1 is 1.29 bits per heavy atom. The van der Waals surface area contributed by atoms with Crippen LogP contribution in [0.2, 0.25) is 0 Å². The molecule has 1 aromatic heterocycles. The van der Waals surface area contributed by atoms with E-state index in [9.17, 15) is 14.4 Å². The lowest BCUT2D eigenvalue weighted by molar-refractivity contribution is -0.121. The van der Waals surface area contributed by atoms with E-state index in [1.807, 2.05) is 32.0 Å². The molecule has 0 atom stereocenters. The van der Waals surface area contributed by atoms with Crippen LogP contribution in [0.25, 0.3) is 0 Å². The standard InChI is InChI=1S/C20H25N5O3/c1-4-23(17-8-6-7-15(3)11-17)10-9-22-18(26)14-25-19(27)16(12-21)13-24(5-2)20(25)28/h6-8,11,13H,4-5,9-10,14H2,1-3H3,(H,22,26). The number of nitriles is 1. The van der Waals surface area contributed by atoms with Gasteiger partial charge in [-0.2, -0.15) is 5.26 Å². The molecule has 0 radical (unpaired) electrons. The first kappa shape index (κ1) is 21.0. The number of carbonyl (C=O) groups excluding carboxylic acids is 1. The maximum Gasteiger partial charge on any atom is 0.331 e. The second kappa shape index (κ2) is 9.55. The van der Waals surface area contributed by atoms with Crippen LogP contribution in [0.15, 0.2) is 40.1 Å². The Labute approximate surface area is 163 Å². The molecule has 2 rings (SSSR count). The Balaban J connectivity index is 2.04. The van der Waals surface area contributed by atoms with Gasteiger partial charge in [-0.05, 0) is 38.5 Å². The Morgan fingerprint density at radius 3 is 2.64 bits per heavy atom. The predicted octanol–water partition coefficient (Wildman–Crippen LogP) is 0.853. The number of nitrogens with one attached hydrogen (secondary N) is 1. The zero-order valence-corrected chi connectivity index (χ0v) is 16.4. The van der Waals surface area contributed by atoms with Crippen LogP contribution in [0.5, 0.6) is 0 Å². The zero-order valence-electron chi connectivity index (χ0n) is 16.4. The van der Waals surface area contributed by atoms with E-state index in [1.54, 1.807) is 13.0 Å². The molecule has 1 aromatic carbocycles. The van der Waals surface area contributed by atoms with Crippen molar-refractivity contribution in [3.63, 3.8) is 0 Å². The summed E-state index contributed by atoms with van der Waals surface area (Å²) in [6.45, 7) is 7.42. The summed E-state index contributed by atoms with van der Waals surface area (Å²) in [5.41, 5.74) is 0.717. The smallest absolute Gasteiger partial charge is 0.331 e. The van der Waals surface area contributed by atoms with Gasteiger partial charge in [0, 0.05) is 38.1 Å². The molecular formula is C20H25N5O3. The fourth-order valence-corrected chi connectivity index (χ4v) is 2.92. The van der Waals surface area contributed by atoms with Gasteiger partial charge >= 0.3 is 5.69 Å². The van der Waals surface area contributed by atoms with Gasteiger partial charge in [-0.1, -0.05) is 12.1 Å². The van der Waals surface area contributed by atoms with Gasteiger partial charge in [-0.3, -0.25) is 14.2 Å². The van der Waals surface area contributed by atoms with Crippen molar-refractivity contribution in [1.82, 2.24) is 14.5 Å². The summed E-state index contributed by atoms with van der Waals surface area (Å²) in [6.07, 6.45) is 1.22. The number of hydrogen-bond acceptors (Lipinski definition) is 5. The SMILES string of the molecule is CCN(CCNC(=O)Cn1c(=O)c(C#N)cn(CC)c1=O)c1cccc(C)c1. The molecule has 0 spiro atoms. The van der Waals surface area contributed by atoms with Crippen LogP contribution in [-0.2, 0) is 17.9 Å². The van der Waals surface area contributed by atoms with Crippen molar-refractivity contribution < 1.29 is 4.79 Å². The molecule has 0 saturated heterocycles. The molecule has 148 valence electrons. The molecule has 0 unspecified atom stereocenters. The average molecular weight is 383 g/mol. The summed E-state index contributed by atoms with van der Waals surface area (Å²) >= 11 is 0. The number of anilines is 1. The van der Waals surface area contributed by atoms with E-state index < -0.39 is 23.7 Å². The molecule has 8 nitrogen and oxygen atoms in total. The van der Waals surface area contributed by atoms with Gasteiger partial charge in [-0.15, -0.1) is 0 Å². The van der Waals surface area contributed by atoms with E-state index in [0.717, 1.165) is 22.4 Å². The third-order valence-corrected chi connectivity index (χ3v) is 4.45. The summed E-state index contributed by atoms with van der Waals surface area (Å²) in [7, 11) is 0. The van der Waals surface area contributed by atoms with E-state index in [-0.39, 0.29) is 5.56 Å². The minimum Gasteiger partial charge on any atom is -0.370 e. The normalized spacial score (nSPS) is 10.4. The number of nitrogens with zero attached hydrogens (tertiary/aromatic N) is 4. The molecule has 8 heteroatoms. The highest BCUT2D eigenvalue weighted by Gasteiger charge is 2.14. The maximum atomic E-state index is 12.3. The maximum absolute atomic E-state index is 12.3. The lowest BCUT2D eigenvalue weighted by Crippen LogP contribution is -2.45.